The number of anilines is 1. The summed E-state index contributed by atoms with van der Waals surface area (Å²) in [7, 11) is 0. The van der Waals surface area contributed by atoms with Crippen LogP contribution < -0.4 is 4.90 Å². The van der Waals surface area contributed by atoms with Crippen molar-refractivity contribution in [2.75, 3.05) is 31.1 Å². The van der Waals surface area contributed by atoms with E-state index in [9.17, 15) is 0 Å². The molecule has 7 heteroatoms. The zero-order chi connectivity index (χ0) is 15.5. The molecule has 3 aromatic rings. The summed E-state index contributed by atoms with van der Waals surface area (Å²) in [5.74, 6) is 1.36. The minimum atomic E-state index is 0.608. The molecular weight excluding hydrogens is 310 g/mol. The average molecular weight is 327 g/mol. The third kappa shape index (κ3) is 3.25. The molecule has 0 amide bonds. The minimum absolute atomic E-state index is 0.608. The highest BCUT2D eigenvalue weighted by Crippen LogP contribution is 2.21. The number of hydrogen-bond acceptors (Lipinski definition) is 7. The molecule has 1 aliphatic heterocycles. The Balaban J connectivity index is 1.35. The SMILES string of the molecule is c1cc(N2CCN(Cc3noc(-c4ccsc4)n3)CC2)ccn1. The van der Waals surface area contributed by atoms with E-state index in [1.165, 1.54) is 5.69 Å². The summed E-state index contributed by atoms with van der Waals surface area (Å²) in [5.41, 5.74) is 2.23. The van der Waals surface area contributed by atoms with Crippen LogP contribution in [0.15, 0.2) is 45.9 Å². The van der Waals surface area contributed by atoms with Gasteiger partial charge in [0.1, 0.15) is 0 Å². The molecule has 0 bridgehead atoms. The number of aromatic nitrogens is 3. The lowest BCUT2D eigenvalue weighted by molar-refractivity contribution is 0.240. The maximum absolute atomic E-state index is 5.34. The van der Waals surface area contributed by atoms with Crippen molar-refractivity contribution >= 4 is 17.0 Å². The van der Waals surface area contributed by atoms with E-state index in [1.54, 1.807) is 11.3 Å². The van der Waals surface area contributed by atoms with Crippen LogP contribution >= 0.6 is 11.3 Å². The van der Waals surface area contributed by atoms with Gasteiger partial charge in [0.15, 0.2) is 5.82 Å². The first-order chi connectivity index (χ1) is 11.4. The van der Waals surface area contributed by atoms with Gasteiger partial charge in [-0.2, -0.15) is 16.3 Å². The van der Waals surface area contributed by atoms with E-state index < -0.39 is 0 Å². The van der Waals surface area contributed by atoms with E-state index in [2.05, 4.69) is 37.1 Å². The van der Waals surface area contributed by atoms with Crippen LogP contribution in [0.3, 0.4) is 0 Å². The predicted octanol–water partition coefficient (Wildman–Crippen LogP) is 2.52. The van der Waals surface area contributed by atoms with Gasteiger partial charge in [-0.15, -0.1) is 0 Å². The van der Waals surface area contributed by atoms with Crippen LogP contribution in [0.5, 0.6) is 0 Å². The molecule has 0 atom stereocenters. The molecule has 0 N–H and O–H groups in total. The highest BCUT2D eigenvalue weighted by atomic mass is 32.1. The van der Waals surface area contributed by atoms with Crippen molar-refractivity contribution in [2.24, 2.45) is 0 Å². The molecule has 0 aromatic carbocycles. The Hall–Kier alpha value is -2.25. The van der Waals surface area contributed by atoms with Crippen LogP contribution in [0.2, 0.25) is 0 Å². The van der Waals surface area contributed by atoms with Crippen molar-refractivity contribution in [3.63, 3.8) is 0 Å². The van der Waals surface area contributed by atoms with E-state index in [0.717, 1.165) is 44.1 Å². The topological polar surface area (TPSA) is 58.3 Å². The van der Waals surface area contributed by atoms with Gasteiger partial charge in [0.05, 0.1) is 12.1 Å². The number of nitrogens with zero attached hydrogens (tertiary/aromatic N) is 5. The Morgan fingerprint density at radius 2 is 1.91 bits per heavy atom. The van der Waals surface area contributed by atoms with Crippen LogP contribution in [-0.2, 0) is 6.54 Å². The van der Waals surface area contributed by atoms with Gasteiger partial charge in [-0.25, -0.2) is 0 Å². The number of rotatable bonds is 4. The second kappa shape index (κ2) is 6.47. The molecule has 0 spiro atoms. The van der Waals surface area contributed by atoms with Gasteiger partial charge in [0.2, 0.25) is 0 Å². The fourth-order valence-electron chi connectivity index (χ4n) is 2.74. The van der Waals surface area contributed by atoms with Gasteiger partial charge in [0.25, 0.3) is 5.89 Å². The Morgan fingerprint density at radius 3 is 2.65 bits per heavy atom. The first-order valence-electron chi connectivity index (χ1n) is 7.61. The van der Waals surface area contributed by atoms with E-state index in [-0.39, 0.29) is 0 Å². The van der Waals surface area contributed by atoms with E-state index >= 15 is 0 Å². The molecule has 0 radical (unpaired) electrons. The smallest absolute Gasteiger partial charge is 0.258 e. The zero-order valence-corrected chi connectivity index (χ0v) is 13.4. The maximum atomic E-state index is 5.34. The number of pyridine rings is 1. The maximum Gasteiger partial charge on any atom is 0.258 e. The van der Waals surface area contributed by atoms with E-state index in [0.29, 0.717) is 5.89 Å². The second-order valence-corrected chi connectivity index (χ2v) is 6.28. The molecule has 4 heterocycles. The van der Waals surface area contributed by atoms with Gasteiger partial charge >= 0.3 is 0 Å². The summed E-state index contributed by atoms with van der Waals surface area (Å²) in [6.45, 7) is 4.71. The third-order valence-electron chi connectivity index (χ3n) is 4.00. The molecule has 1 saturated heterocycles. The zero-order valence-electron chi connectivity index (χ0n) is 12.6. The molecule has 6 nitrogen and oxygen atoms in total. The molecule has 0 unspecified atom stereocenters. The largest absolute Gasteiger partial charge is 0.369 e. The summed E-state index contributed by atoms with van der Waals surface area (Å²) >= 11 is 1.63. The molecule has 4 rings (SSSR count). The molecule has 1 aliphatic rings. The van der Waals surface area contributed by atoms with Crippen LogP contribution in [0.25, 0.3) is 11.5 Å². The first kappa shape index (κ1) is 14.3. The van der Waals surface area contributed by atoms with Crippen molar-refractivity contribution in [1.29, 1.82) is 0 Å². The standard InChI is InChI=1S/C16H17N5OS/c1-4-17-5-2-14(1)21-8-6-20(7-9-21)11-15-18-16(22-19-15)13-3-10-23-12-13/h1-5,10,12H,6-9,11H2. The molecular formula is C16H17N5OS. The lowest BCUT2D eigenvalue weighted by Gasteiger charge is -2.35. The van der Waals surface area contributed by atoms with Crippen LogP contribution in [0.4, 0.5) is 5.69 Å². The fraction of sp³-hybridized carbons (Fsp3) is 0.312. The Morgan fingerprint density at radius 1 is 1.09 bits per heavy atom. The summed E-state index contributed by atoms with van der Waals surface area (Å²) < 4.78 is 5.34. The van der Waals surface area contributed by atoms with Gasteiger partial charge in [-0.1, -0.05) is 5.16 Å². The summed E-state index contributed by atoms with van der Waals surface area (Å²) in [6, 6.07) is 6.11. The van der Waals surface area contributed by atoms with E-state index in [4.69, 9.17) is 4.52 Å². The monoisotopic (exact) mass is 327 g/mol. The summed E-state index contributed by atoms with van der Waals surface area (Å²) in [4.78, 5) is 13.3. The van der Waals surface area contributed by atoms with Gasteiger partial charge in [-0.3, -0.25) is 9.88 Å². The number of piperazine rings is 1. The lowest BCUT2D eigenvalue weighted by atomic mass is 10.2. The molecule has 3 aromatic heterocycles. The normalized spacial score (nSPS) is 15.9. The Kier molecular flexibility index (Phi) is 4.04. The fourth-order valence-corrected chi connectivity index (χ4v) is 3.37. The third-order valence-corrected chi connectivity index (χ3v) is 4.68. The Bertz CT molecular complexity index is 735. The highest BCUT2D eigenvalue weighted by molar-refractivity contribution is 7.08. The van der Waals surface area contributed by atoms with Crippen LogP contribution in [0, 0.1) is 0 Å². The van der Waals surface area contributed by atoms with Crippen molar-refractivity contribution in [3.05, 3.63) is 47.2 Å². The van der Waals surface area contributed by atoms with Crippen molar-refractivity contribution in [2.45, 2.75) is 6.54 Å². The van der Waals surface area contributed by atoms with Crippen LogP contribution in [0.1, 0.15) is 5.82 Å². The number of thiophene rings is 1. The van der Waals surface area contributed by atoms with Crippen molar-refractivity contribution < 1.29 is 4.52 Å². The van der Waals surface area contributed by atoms with E-state index in [1.807, 2.05) is 29.2 Å². The average Bonchev–Trinajstić information content (AvgIpc) is 3.28. The van der Waals surface area contributed by atoms with Gasteiger partial charge in [0, 0.05) is 49.6 Å². The van der Waals surface area contributed by atoms with Crippen LogP contribution in [-0.4, -0.2) is 46.2 Å². The van der Waals surface area contributed by atoms with Gasteiger partial charge in [-0.05, 0) is 23.6 Å². The second-order valence-electron chi connectivity index (χ2n) is 5.50. The van der Waals surface area contributed by atoms with Gasteiger partial charge < -0.3 is 9.42 Å². The lowest BCUT2D eigenvalue weighted by Crippen LogP contribution is -2.46. The molecule has 0 aliphatic carbocycles. The Labute approximate surface area is 138 Å². The number of hydrogen-bond donors (Lipinski definition) is 0. The highest BCUT2D eigenvalue weighted by Gasteiger charge is 2.19. The van der Waals surface area contributed by atoms with Crippen molar-refractivity contribution in [3.8, 4) is 11.5 Å². The quantitative estimate of drug-likeness (QED) is 0.734. The minimum Gasteiger partial charge on any atom is -0.369 e. The molecule has 1 fully saturated rings. The first-order valence-corrected chi connectivity index (χ1v) is 8.55. The predicted molar refractivity (Wildman–Crippen MR) is 89.3 cm³/mol. The molecule has 23 heavy (non-hydrogen) atoms. The molecule has 0 saturated carbocycles. The summed E-state index contributed by atoms with van der Waals surface area (Å²) in [6.07, 6.45) is 3.68. The van der Waals surface area contributed by atoms with Crippen molar-refractivity contribution in [1.82, 2.24) is 20.0 Å². The summed E-state index contributed by atoms with van der Waals surface area (Å²) in [5, 5.41) is 8.13. The molecule has 118 valence electrons.